The highest BCUT2D eigenvalue weighted by Gasteiger charge is 2.12. The first kappa shape index (κ1) is 12.0. The summed E-state index contributed by atoms with van der Waals surface area (Å²) in [4.78, 5) is 3.59. The molecule has 0 bridgehead atoms. The van der Waals surface area contributed by atoms with E-state index in [-0.39, 0.29) is 0 Å². The van der Waals surface area contributed by atoms with Crippen LogP contribution in [0.4, 0.5) is 10.8 Å². The molecule has 0 atom stereocenters. The Hall–Kier alpha value is -0.460. The van der Waals surface area contributed by atoms with Crippen LogP contribution in [0.1, 0.15) is 12.8 Å². The molecule has 4 nitrogen and oxygen atoms in total. The van der Waals surface area contributed by atoms with Gasteiger partial charge in [0.2, 0.25) is 0 Å². The van der Waals surface area contributed by atoms with Crippen molar-refractivity contribution in [2.24, 2.45) is 0 Å². The summed E-state index contributed by atoms with van der Waals surface area (Å²) in [6, 6.07) is 0. The summed E-state index contributed by atoms with van der Waals surface area (Å²) >= 11 is 3.12. The van der Waals surface area contributed by atoms with Gasteiger partial charge in [0.1, 0.15) is 5.00 Å². The Morgan fingerprint density at radius 3 is 2.94 bits per heavy atom. The molecule has 0 spiro atoms. The Bertz CT molecular complexity index is 334. The third-order valence-corrected chi connectivity index (χ3v) is 4.56. The summed E-state index contributed by atoms with van der Waals surface area (Å²) in [5.74, 6) is 0.654. The molecule has 0 saturated carbocycles. The summed E-state index contributed by atoms with van der Waals surface area (Å²) in [6.07, 6.45) is 4.73. The zero-order valence-electron chi connectivity index (χ0n) is 9.53. The van der Waals surface area contributed by atoms with Crippen LogP contribution in [-0.4, -0.2) is 41.7 Å². The van der Waals surface area contributed by atoms with Crippen molar-refractivity contribution in [1.29, 1.82) is 0 Å². The van der Waals surface area contributed by atoms with Gasteiger partial charge in [0.25, 0.3) is 0 Å². The third-order valence-electron chi connectivity index (χ3n) is 2.79. The van der Waals surface area contributed by atoms with Crippen LogP contribution in [0.2, 0.25) is 0 Å². The molecule has 1 aliphatic heterocycles. The average Bonchev–Trinajstić information content (AvgIpc) is 2.89. The molecular formula is C10H18N4S2. The fourth-order valence-corrected chi connectivity index (χ4v) is 3.50. The SMILES string of the molecule is CSc1c(N)nsc1NCCN1CCCC1. The van der Waals surface area contributed by atoms with Gasteiger partial charge in [-0.15, -0.1) is 11.8 Å². The fourth-order valence-electron chi connectivity index (χ4n) is 1.94. The lowest BCUT2D eigenvalue weighted by atomic mass is 10.4. The van der Waals surface area contributed by atoms with E-state index in [9.17, 15) is 0 Å². The molecule has 6 heteroatoms. The van der Waals surface area contributed by atoms with Crippen molar-refractivity contribution in [3.8, 4) is 0 Å². The predicted octanol–water partition coefficient (Wildman–Crippen LogP) is 1.95. The number of aromatic nitrogens is 1. The molecule has 1 fully saturated rings. The summed E-state index contributed by atoms with van der Waals surface area (Å²) in [6.45, 7) is 4.60. The van der Waals surface area contributed by atoms with Gasteiger partial charge in [-0.1, -0.05) is 0 Å². The molecule has 2 heterocycles. The maximum Gasteiger partial charge on any atom is 0.153 e. The fraction of sp³-hybridized carbons (Fsp3) is 0.700. The zero-order chi connectivity index (χ0) is 11.4. The smallest absolute Gasteiger partial charge is 0.153 e. The van der Waals surface area contributed by atoms with Crippen molar-refractivity contribution in [1.82, 2.24) is 9.27 Å². The molecule has 1 aliphatic rings. The molecule has 16 heavy (non-hydrogen) atoms. The number of rotatable bonds is 5. The summed E-state index contributed by atoms with van der Waals surface area (Å²) in [5, 5.41) is 4.54. The van der Waals surface area contributed by atoms with Crippen molar-refractivity contribution >= 4 is 34.1 Å². The van der Waals surface area contributed by atoms with Gasteiger partial charge in [-0.2, -0.15) is 4.37 Å². The van der Waals surface area contributed by atoms with E-state index in [1.165, 1.54) is 37.5 Å². The van der Waals surface area contributed by atoms with Gasteiger partial charge >= 0.3 is 0 Å². The van der Waals surface area contributed by atoms with E-state index in [2.05, 4.69) is 14.6 Å². The van der Waals surface area contributed by atoms with Crippen LogP contribution in [0, 0.1) is 0 Å². The van der Waals surface area contributed by atoms with Crippen LogP contribution in [0.15, 0.2) is 4.90 Å². The van der Waals surface area contributed by atoms with Crippen LogP contribution in [0.3, 0.4) is 0 Å². The maximum absolute atomic E-state index is 5.77. The molecule has 0 unspecified atom stereocenters. The minimum absolute atomic E-state index is 0.654. The van der Waals surface area contributed by atoms with E-state index in [0.717, 1.165) is 23.0 Å². The summed E-state index contributed by atoms with van der Waals surface area (Å²) < 4.78 is 4.16. The van der Waals surface area contributed by atoms with Crippen molar-refractivity contribution in [2.45, 2.75) is 17.7 Å². The third kappa shape index (κ3) is 2.81. The zero-order valence-corrected chi connectivity index (χ0v) is 11.2. The minimum atomic E-state index is 0.654. The number of nitrogens with two attached hydrogens (primary N) is 1. The lowest BCUT2D eigenvalue weighted by Gasteiger charge is -2.14. The highest BCUT2D eigenvalue weighted by molar-refractivity contribution is 7.99. The Morgan fingerprint density at radius 1 is 1.50 bits per heavy atom. The quantitative estimate of drug-likeness (QED) is 0.791. The van der Waals surface area contributed by atoms with Crippen molar-refractivity contribution in [2.75, 3.05) is 43.5 Å². The standard InChI is InChI=1S/C10H18N4S2/c1-15-8-9(11)13-16-10(8)12-4-7-14-5-2-3-6-14/h12H,2-7H2,1H3,(H2,11,13). The van der Waals surface area contributed by atoms with E-state index in [0.29, 0.717) is 5.82 Å². The van der Waals surface area contributed by atoms with Crippen LogP contribution in [-0.2, 0) is 0 Å². The van der Waals surface area contributed by atoms with E-state index in [1.807, 2.05) is 6.26 Å². The molecule has 3 N–H and O–H groups in total. The monoisotopic (exact) mass is 258 g/mol. The minimum Gasteiger partial charge on any atom is -0.382 e. The topological polar surface area (TPSA) is 54.2 Å². The maximum atomic E-state index is 5.77. The number of likely N-dealkylation sites (tertiary alicyclic amines) is 1. The number of nitrogens with zero attached hydrogens (tertiary/aromatic N) is 2. The largest absolute Gasteiger partial charge is 0.382 e. The number of thioether (sulfide) groups is 1. The van der Waals surface area contributed by atoms with Crippen LogP contribution < -0.4 is 11.1 Å². The molecule has 0 aromatic carbocycles. The Kier molecular flexibility index (Phi) is 4.31. The molecular weight excluding hydrogens is 240 g/mol. The second kappa shape index (κ2) is 5.75. The molecule has 2 rings (SSSR count). The predicted molar refractivity (Wildman–Crippen MR) is 72.5 cm³/mol. The first-order valence-electron chi connectivity index (χ1n) is 5.56. The van der Waals surface area contributed by atoms with Gasteiger partial charge in [0.05, 0.1) is 4.90 Å². The summed E-state index contributed by atoms with van der Waals surface area (Å²) in [7, 11) is 0. The normalized spacial score (nSPS) is 16.8. The number of anilines is 2. The molecule has 0 aliphatic carbocycles. The van der Waals surface area contributed by atoms with Gasteiger partial charge < -0.3 is 16.0 Å². The van der Waals surface area contributed by atoms with Crippen molar-refractivity contribution in [3.05, 3.63) is 0 Å². The number of hydrogen-bond donors (Lipinski definition) is 2. The van der Waals surface area contributed by atoms with E-state index in [1.54, 1.807) is 11.8 Å². The molecule has 1 aromatic rings. The van der Waals surface area contributed by atoms with Crippen LogP contribution >= 0.6 is 23.3 Å². The van der Waals surface area contributed by atoms with Gasteiger partial charge in [-0.05, 0) is 43.7 Å². The molecule has 1 aromatic heterocycles. The Labute approximate surface area is 105 Å². The van der Waals surface area contributed by atoms with Gasteiger partial charge in [0, 0.05) is 13.1 Å². The first-order valence-corrected chi connectivity index (χ1v) is 7.56. The lowest BCUT2D eigenvalue weighted by Crippen LogP contribution is -2.25. The highest BCUT2D eigenvalue weighted by Crippen LogP contribution is 2.34. The molecule has 0 radical (unpaired) electrons. The van der Waals surface area contributed by atoms with Gasteiger partial charge in [-0.3, -0.25) is 0 Å². The molecule has 90 valence electrons. The van der Waals surface area contributed by atoms with Crippen LogP contribution in [0.25, 0.3) is 0 Å². The first-order chi connectivity index (χ1) is 7.81. The Morgan fingerprint density at radius 2 is 2.25 bits per heavy atom. The van der Waals surface area contributed by atoms with Gasteiger partial charge in [-0.25, -0.2) is 0 Å². The van der Waals surface area contributed by atoms with Crippen LogP contribution in [0.5, 0.6) is 0 Å². The van der Waals surface area contributed by atoms with Crippen molar-refractivity contribution < 1.29 is 0 Å². The van der Waals surface area contributed by atoms with Crippen molar-refractivity contribution in [3.63, 3.8) is 0 Å². The van der Waals surface area contributed by atoms with Gasteiger partial charge in [0.15, 0.2) is 5.82 Å². The summed E-state index contributed by atoms with van der Waals surface area (Å²) in [5.41, 5.74) is 5.77. The van der Waals surface area contributed by atoms with E-state index < -0.39 is 0 Å². The second-order valence-corrected chi connectivity index (χ2v) is 5.50. The average molecular weight is 258 g/mol. The number of hydrogen-bond acceptors (Lipinski definition) is 6. The molecule has 1 saturated heterocycles. The lowest BCUT2D eigenvalue weighted by molar-refractivity contribution is 0.353. The second-order valence-electron chi connectivity index (χ2n) is 3.91. The molecule has 0 amide bonds. The van der Waals surface area contributed by atoms with E-state index in [4.69, 9.17) is 5.73 Å². The number of nitrogen functional groups attached to an aromatic ring is 1. The van der Waals surface area contributed by atoms with E-state index >= 15 is 0 Å². The number of nitrogens with one attached hydrogen (secondary N) is 1. The Balaban J connectivity index is 1.79. The highest BCUT2D eigenvalue weighted by atomic mass is 32.2.